The molecule has 0 atom stereocenters. The van der Waals surface area contributed by atoms with Crippen molar-refractivity contribution in [3.63, 3.8) is 0 Å². The number of benzene rings is 1. The molecule has 3 heterocycles. The van der Waals surface area contributed by atoms with Crippen molar-refractivity contribution in [2.75, 3.05) is 0 Å². The molecule has 1 aromatic carbocycles. The lowest BCUT2D eigenvalue weighted by molar-refractivity contribution is 0.628. The van der Waals surface area contributed by atoms with Crippen LogP contribution in [-0.2, 0) is 0 Å². The molecule has 106 valence electrons. The number of halogens is 1. The van der Waals surface area contributed by atoms with Gasteiger partial charge in [0.15, 0.2) is 5.65 Å². The third-order valence-electron chi connectivity index (χ3n) is 3.42. The molecular weight excluding hydrogens is 279 g/mol. The second-order valence-electron chi connectivity index (χ2n) is 4.90. The average molecular weight is 290 g/mol. The molecule has 0 unspecified atom stereocenters. The number of pyridine rings is 1. The van der Waals surface area contributed by atoms with E-state index in [1.807, 2.05) is 30.5 Å². The zero-order chi connectivity index (χ0) is 14.9. The third-order valence-corrected chi connectivity index (χ3v) is 3.42. The van der Waals surface area contributed by atoms with Crippen molar-refractivity contribution < 1.29 is 4.39 Å². The van der Waals surface area contributed by atoms with Gasteiger partial charge in [-0.3, -0.25) is 4.98 Å². The summed E-state index contributed by atoms with van der Waals surface area (Å²) >= 11 is 0. The van der Waals surface area contributed by atoms with Gasteiger partial charge in [0.1, 0.15) is 5.82 Å². The minimum atomic E-state index is -0.260. The van der Waals surface area contributed by atoms with Crippen LogP contribution in [0.3, 0.4) is 0 Å². The molecule has 4 aromatic rings. The molecule has 0 aliphatic carbocycles. The summed E-state index contributed by atoms with van der Waals surface area (Å²) in [6.07, 6.45) is 5.33. The number of aromatic nitrogens is 4. The fourth-order valence-corrected chi connectivity index (χ4v) is 2.31. The highest BCUT2D eigenvalue weighted by Crippen LogP contribution is 2.21. The second kappa shape index (κ2) is 5.04. The Kier molecular flexibility index (Phi) is 2.89. The van der Waals surface area contributed by atoms with Crippen LogP contribution in [0.5, 0.6) is 0 Å². The SMILES string of the molecule is Fc1ccc(-c2cn3nc(-c4cccnc4)ccc3n2)cc1. The van der Waals surface area contributed by atoms with Gasteiger partial charge in [-0.2, -0.15) is 5.10 Å². The smallest absolute Gasteiger partial charge is 0.154 e. The van der Waals surface area contributed by atoms with Crippen LogP contribution in [0.2, 0.25) is 0 Å². The van der Waals surface area contributed by atoms with Crippen LogP contribution in [0, 0.1) is 5.82 Å². The Morgan fingerprint density at radius 2 is 1.73 bits per heavy atom. The zero-order valence-electron chi connectivity index (χ0n) is 11.5. The molecule has 0 saturated carbocycles. The Morgan fingerprint density at radius 1 is 0.864 bits per heavy atom. The molecule has 0 aliphatic rings. The molecule has 0 bridgehead atoms. The minimum absolute atomic E-state index is 0.260. The van der Waals surface area contributed by atoms with Crippen LogP contribution in [0.4, 0.5) is 4.39 Å². The first kappa shape index (κ1) is 12.6. The van der Waals surface area contributed by atoms with E-state index in [9.17, 15) is 4.39 Å². The quantitative estimate of drug-likeness (QED) is 0.566. The van der Waals surface area contributed by atoms with Crippen molar-refractivity contribution in [1.29, 1.82) is 0 Å². The summed E-state index contributed by atoms with van der Waals surface area (Å²) in [6, 6.07) is 13.9. The summed E-state index contributed by atoms with van der Waals surface area (Å²) in [5, 5.41) is 4.55. The summed E-state index contributed by atoms with van der Waals surface area (Å²) in [7, 11) is 0. The summed E-state index contributed by atoms with van der Waals surface area (Å²) in [4.78, 5) is 8.61. The largest absolute Gasteiger partial charge is 0.264 e. The van der Waals surface area contributed by atoms with Crippen LogP contribution in [-0.4, -0.2) is 19.6 Å². The normalized spacial score (nSPS) is 11.0. The van der Waals surface area contributed by atoms with Gasteiger partial charge in [-0.05, 0) is 48.5 Å². The van der Waals surface area contributed by atoms with E-state index in [2.05, 4.69) is 15.1 Å². The maximum Gasteiger partial charge on any atom is 0.154 e. The molecule has 0 amide bonds. The fourth-order valence-electron chi connectivity index (χ4n) is 2.31. The van der Waals surface area contributed by atoms with Gasteiger partial charge in [0.05, 0.1) is 17.6 Å². The van der Waals surface area contributed by atoms with E-state index in [4.69, 9.17) is 0 Å². The molecule has 4 rings (SSSR count). The van der Waals surface area contributed by atoms with Gasteiger partial charge in [-0.25, -0.2) is 13.9 Å². The van der Waals surface area contributed by atoms with Crippen LogP contribution in [0.25, 0.3) is 28.2 Å². The highest BCUT2D eigenvalue weighted by atomic mass is 19.1. The first-order valence-corrected chi connectivity index (χ1v) is 6.82. The molecule has 3 aromatic heterocycles. The minimum Gasteiger partial charge on any atom is -0.264 e. The van der Waals surface area contributed by atoms with Crippen molar-refractivity contribution in [3.8, 4) is 22.5 Å². The van der Waals surface area contributed by atoms with E-state index in [0.29, 0.717) is 0 Å². The molecule has 0 spiro atoms. The van der Waals surface area contributed by atoms with Crippen molar-refractivity contribution in [1.82, 2.24) is 19.6 Å². The lowest BCUT2D eigenvalue weighted by Gasteiger charge is -1.99. The highest BCUT2D eigenvalue weighted by Gasteiger charge is 2.07. The lowest BCUT2D eigenvalue weighted by Crippen LogP contribution is -1.93. The van der Waals surface area contributed by atoms with Crippen molar-refractivity contribution in [3.05, 3.63) is 72.9 Å². The van der Waals surface area contributed by atoms with Crippen LogP contribution in [0.1, 0.15) is 0 Å². The Bertz CT molecular complexity index is 930. The summed E-state index contributed by atoms with van der Waals surface area (Å²) < 4.78 is 14.7. The number of hydrogen-bond donors (Lipinski definition) is 0. The summed E-state index contributed by atoms with van der Waals surface area (Å²) in [6.45, 7) is 0. The van der Waals surface area contributed by atoms with Crippen molar-refractivity contribution >= 4 is 5.65 Å². The number of fused-ring (bicyclic) bond motifs is 1. The van der Waals surface area contributed by atoms with E-state index < -0.39 is 0 Å². The van der Waals surface area contributed by atoms with E-state index in [1.165, 1.54) is 12.1 Å². The van der Waals surface area contributed by atoms with Gasteiger partial charge in [0.2, 0.25) is 0 Å². The van der Waals surface area contributed by atoms with E-state index in [1.54, 1.807) is 29.0 Å². The number of hydrogen-bond acceptors (Lipinski definition) is 3. The molecule has 22 heavy (non-hydrogen) atoms. The number of rotatable bonds is 2. The van der Waals surface area contributed by atoms with Gasteiger partial charge in [-0.15, -0.1) is 0 Å². The van der Waals surface area contributed by atoms with Crippen LogP contribution < -0.4 is 0 Å². The number of nitrogens with zero attached hydrogens (tertiary/aromatic N) is 4. The summed E-state index contributed by atoms with van der Waals surface area (Å²) in [5.41, 5.74) is 4.13. The van der Waals surface area contributed by atoms with E-state index in [0.717, 1.165) is 28.2 Å². The standard InChI is InChI=1S/C17H11FN4/c18-14-5-3-12(4-6-14)16-11-22-17(20-16)8-7-15(21-22)13-2-1-9-19-10-13/h1-11H. The predicted molar refractivity (Wildman–Crippen MR) is 81.6 cm³/mol. The monoisotopic (exact) mass is 290 g/mol. The molecule has 0 aliphatic heterocycles. The van der Waals surface area contributed by atoms with Gasteiger partial charge in [0, 0.05) is 23.5 Å². The summed E-state index contributed by atoms with van der Waals surface area (Å²) in [5.74, 6) is -0.260. The number of imidazole rings is 1. The molecule has 0 N–H and O–H groups in total. The van der Waals surface area contributed by atoms with Gasteiger partial charge >= 0.3 is 0 Å². The Morgan fingerprint density at radius 3 is 2.50 bits per heavy atom. The Hall–Kier alpha value is -3.08. The molecule has 4 nitrogen and oxygen atoms in total. The van der Waals surface area contributed by atoms with E-state index in [-0.39, 0.29) is 5.82 Å². The maximum absolute atomic E-state index is 13.0. The first-order chi connectivity index (χ1) is 10.8. The topological polar surface area (TPSA) is 43.1 Å². The zero-order valence-corrected chi connectivity index (χ0v) is 11.5. The molecule has 0 saturated heterocycles. The van der Waals surface area contributed by atoms with E-state index >= 15 is 0 Å². The fraction of sp³-hybridized carbons (Fsp3) is 0. The van der Waals surface area contributed by atoms with Gasteiger partial charge in [-0.1, -0.05) is 0 Å². The maximum atomic E-state index is 13.0. The van der Waals surface area contributed by atoms with Crippen molar-refractivity contribution in [2.24, 2.45) is 0 Å². The second-order valence-corrected chi connectivity index (χ2v) is 4.90. The Labute approximate surface area is 125 Å². The van der Waals surface area contributed by atoms with Crippen molar-refractivity contribution in [2.45, 2.75) is 0 Å². The highest BCUT2D eigenvalue weighted by molar-refractivity contribution is 5.64. The van der Waals surface area contributed by atoms with Gasteiger partial charge < -0.3 is 0 Å². The Balaban J connectivity index is 1.80. The van der Waals surface area contributed by atoms with Crippen LogP contribution >= 0.6 is 0 Å². The van der Waals surface area contributed by atoms with Crippen LogP contribution in [0.15, 0.2) is 67.1 Å². The van der Waals surface area contributed by atoms with Gasteiger partial charge in [0.25, 0.3) is 0 Å². The predicted octanol–water partition coefficient (Wildman–Crippen LogP) is 3.60. The molecule has 0 fully saturated rings. The lowest BCUT2D eigenvalue weighted by atomic mass is 10.2. The average Bonchev–Trinajstić information content (AvgIpc) is 2.99. The molecular formula is C17H11FN4. The molecule has 0 radical (unpaired) electrons. The first-order valence-electron chi connectivity index (χ1n) is 6.82. The third kappa shape index (κ3) is 2.22. The molecule has 5 heteroatoms.